The van der Waals surface area contributed by atoms with Crippen molar-refractivity contribution in [1.29, 1.82) is 0 Å². The fourth-order valence-electron chi connectivity index (χ4n) is 3.68. The molecule has 7 N–H and O–H groups in total. The first-order valence-electron chi connectivity index (χ1n) is 11.8. The van der Waals surface area contributed by atoms with Gasteiger partial charge >= 0.3 is 0 Å². The third kappa shape index (κ3) is 16.2. The molecular weight excluding hydrogens is 352 g/mol. The summed E-state index contributed by atoms with van der Waals surface area (Å²) in [7, 11) is 0. The third-order valence-electron chi connectivity index (χ3n) is 5.56. The van der Waals surface area contributed by atoms with E-state index in [2.05, 4.69) is 6.92 Å². The van der Waals surface area contributed by atoms with E-state index in [1.165, 1.54) is 89.9 Å². The SMILES string of the molecule is CCCCCCCCCCCCCCCCCCCC(=C(N)N)C(O)C(O)O. The van der Waals surface area contributed by atoms with E-state index in [0.29, 0.717) is 12.0 Å². The lowest BCUT2D eigenvalue weighted by Gasteiger charge is -2.17. The molecule has 0 aromatic heterocycles. The van der Waals surface area contributed by atoms with Gasteiger partial charge in [-0.15, -0.1) is 0 Å². The van der Waals surface area contributed by atoms with Gasteiger partial charge in [-0.25, -0.2) is 0 Å². The zero-order valence-electron chi connectivity index (χ0n) is 18.4. The van der Waals surface area contributed by atoms with Gasteiger partial charge in [0, 0.05) is 5.57 Å². The molecule has 5 nitrogen and oxygen atoms in total. The van der Waals surface area contributed by atoms with Crippen molar-refractivity contribution >= 4 is 0 Å². The summed E-state index contributed by atoms with van der Waals surface area (Å²) in [6.07, 6.45) is 19.6. The van der Waals surface area contributed by atoms with Crippen LogP contribution >= 0.6 is 0 Å². The molecule has 0 spiro atoms. The maximum Gasteiger partial charge on any atom is 0.182 e. The Morgan fingerprint density at radius 1 is 0.571 bits per heavy atom. The largest absolute Gasteiger partial charge is 0.386 e. The third-order valence-corrected chi connectivity index (χ3v) is 5.56. The van der Waals surface area contributed by atoms with E-state index in [1.54, 1.807) is 0 Å². The van der Waals surface area contributed by atoms with Gasteiger partial charge in [0.1, 0.15) is 6.10 Å². The maximum atomic E-state index is 9.67. The Hall–Kier alpha value is -0.780. The standard InChI is InChI=1S/C23H48N2O3/c1-2-3-4-5-6-7-8-9-10-11-12-13-14-15-16-17-18-19-20(22(24)25)21(26)23(27)28/h21,23,26-28H,2-19,24-25H2,1H3. The molecule has 0 aromatic rings. The first-order valence-corrected chi connectivity index (χ1v) is 11.8. The van der Waals surface area contributed by atoms with Crippen LogP contribution in [0.3, 0.4) is 0 Å². The highest BCUT2D eigenvalue weighted by atomic mass is 16.5. The molecule has 0 fully saturated rings. The van der Waals surface area contributed by atoms with Gasteiger partial charge in [0.25, 0.3) is 0 Å². The van der Waals surface area contributed by atoms with Crippen molar-refractivity contribution in [3.8, 4) is 0 Å². The predicted molar refractivity (Wildman–Crippen MR) is 118 cm³/mol. The van der Waals surface area contributed by atoms with E-state index in [0.717, 1.165) is 19.3 Å². The molecule has 0 saturated carbocycles. The van der Waals surface area contributed by atoms with Gasteiger partial charge in [-0.05, 0) is 12.8 Å². The predicted octanol–water partition coefficient (Wildman–Crippen LogP) is 4.83. The molecule has 0 aromatic carbocycles. The monoisotopic (exact) mass is 400 g/mol. The minimum Gasteiger partial charge on any atom is -0.386 e. The van der Waals surface area contributed by atoms with E-state index in [-0.39, 0.29) is 5.82 Å². The van der Waals surface area contributed by atoms with Crippen molar-refractivity contribution in [2.75, 3.05) is 0 Å². The van der Waals surface area contributed by atoms with Crippen molar-refractivity contribution in [2.24, 2.45) is 11.5 Å². The second-order valence-corrected chi connectivity index (χ2v) is 8.25. The fraction of sp³-hybridized carbons (Fsp3) is 0.913. The summed E-state index contributed by atoms with van der Waals surface area (Å²) in [5, 5.41) is 27.8. The van der Waals surface area contributed by atoms with Crippen LogP contribution in [0.25, 0.3) is 0 Å². The van der Waals surface area contributed by atoms with E-state index < -0.39 is 12.4 Å². The average Bonchev–Trinajstić information content (AvgIpc) is 2.66. The number of hydrogen-bond donors (Lipinski definition) is 5. The number of nitrogens with two attached hydrogens (primary N) is 2. The average molecular weight is 401 g/mol. The van der Waals surface area contributed by atoms with Crippen molar-refractivity contribution < 1.29 is 15.3 Å². The van der Waals surface area contributed by atoms with Crippen molar-refractivity contribution in [2.45, 2.75) is 135 Å². The molecule has 0 heterocycles. The Balaban J connectivity index is 3.37. The zero-order valence-corrected chi connectivity index (χ0v) is 18.4. The molecule has 0 rings (SSSR count). The molecule has 0 aliphatic rings. The van der Waals surface area contributed by atoms with Gasteiger partial charge in [-0.2, -0.15) is 0 Å². The molecule has 0 amide bonds. The Labute approximate surface area is 173 Å². The van der Waals surface area contributed by atoms with Crippen molar-refractivity contribution in [1.82, 2.24) is 0 Å². The van der Waals surface area contributed by atoms with Crippen LogP contribution in [-0.4, -0.2) is 27.7 Å². The van der Waals surface area contributed by atoms with Gasteiger partial charge in [0.05, 0.1) is 5.82 Å². The normalized spacial score (nSPS) is 12.5. The molecule has 168 valence electrons. The minimum absolute atomic E-state index is 0.00269. The van der Waals surface area contributed by atoms with Gasteiger partial charge in [-0.1, -0.05) is 110 Å². The van der Waals surface area contributed by atoms with Crippen LogP contribution in [0, 0.1) is 0 Å². The van der Waals surface area contributed by atoms with Crippen LogP contribution in [0.2, 0.25) is 0 Å². The van der Waals surface area contributed by atoms with Crippen LogP contribution in [0.4, 0.5) is 0 Å². The first-order chi connectivity index (χ1) is 13.5. The second-order valence-electron chi connectivity index (χ2n) is 8.25. The van der Waals surface area contributed by atoms with Crippen LogP contribution in [0.1, 0.15) is 122 Å². The lowest BCUT2D eigenvalue weighted by Crippen LogP contribution is -2.31. The lowest BCUT2D eigenvalue weighted by atomic mass is 10.00. The number of unbranched alkanes of at least 4 members (excludes halogenated alkanes) is 16. The quantitative estimate of drug-likeness (QED) is 0.148. The van der Waals surface area contributed by atoms with Gasteiger partial charge in [0.2, 0.25) is 0 Å². The van der Waals surface area contributed by atoms with Gasteiger partial charge in [0.15, 0.2) is 6.29 Å². The highest BCUT2D eigenvalue weighted by molar-refractivity contribution is 5.13. The molecule has 0 aliphatic carbocycles. The molecule has 1 unspecified atom stereocenters. The number of aliphatic hydroxyl groups is 3. The Morgan fingerprint density at radius 3 is 1.18 bits per heavy atom. The highest BCUT2D eigenvalue weighted by Crippen LogP contribution is 2.18. The van der Waals surface area contributed by atoms with Crippen LogP contribution in [0.5, 0.6) is 0 Å². The molecule has 1 atom stereocenters. The summed E-state index contributed by atoms with van der Waals surface area (Å²) < 4.78 is 0. The molecule has 0 radical (unpaired) electrons. The molecular formula is C23H48N2O3. The van der Waals surface area contributed by atoms with E-state index >= 15 is 0 Å². The van der Waals surface area contributed by atoms with Crippen molar-refractivity contribution in [3.63, 3.8) is 0 Å². The first kappa shape index (κ1) is 27.2. The smallest absolute Gasteiger partial charge is 0.182 e. The summed E-state index contributed by atoms with van der Waals surface area (Å²) in [5.74, 6) is -0.00269. The molecule has 0 saturated heterocycles. The van der Waals surface area contributed by atoms with Gasteiger partial charge in [-0.3, -0.25) is 0 Å². The maximum absolute atomic E-state index is 9.67. The Morgan fingerprint density at radius 2 is 0.893 bits per heavy atom. The summed E-state index contributed by atoms with van der Waals surface area (Å²) in [6, 6.07) is 0. The Kier molecular flexibility index (Phi) is 19.0. The molecule has 28 heavy (non-hydrogen) atoms. The summed E-state index contributed by atoms with van der Waals surface area (Å²) in [4.78, 5) is 0. The molecule has 0 aliphatic heterocycles. The fourth-order valence-corrected chi connectivity index (χ4v) is 3.68. The summed E-state index contributed by atoms with van der Waals surface area (Å²) in [5.41, 5.74) is 11.4. The summed E-state index contributed by atoms with van der Waals surface area (Å²) >= 11 is 0. The second kappa shape index (κ2) is 19.5. The van der Waals surface area contributed by atoms with Crippen LogP contribution < -0.4 is 11.5 Å². The molecule has 0 bridgehead atoms. The highest BCUT2D eigenvalue weighted by Gasteiger charge is 2.19. The number of aliphatic hydroxyl groups excluding tert-OH is 2. The molecule has 5 heteroatoms. The lowest BCUT2D eigenvalue weighted by molar-refractivity contribution is -0.109. The van der Waals surface area contributed by atoms with E-state index in [1.807, 2.05) is 0 Å². The topological polar surface area (TPSA) is 113 Å². The van der Waals surface area contributed by atoms with Crippen LogP contribution in [-0.2, 0) is 0 Å². The number of hydrogen-bond acceptors (Lipinski definition) is 5. The zero-order chi connectivity index (χ0) is 21.0. The van der Waals surface area contributed by atoms with Crippen molar-refractivity contribution in [3.05, 3.63) is 11.4 Å². The van der Waals surface area contributed by atoms with Gasteiger partial charge < -0.3 is 26.8 Å². The van der Waals surface area contributed by atoms with Crippen LogP contribution in [0.15, 0.2) is 11.4 Å². The summed E-state index contributed by atoms with van der Waals surface area (Å²) in [6.45, 7) is 2.27. The van der Waals surface area contributed by atoms with E-state index in [9.17, 15) is 5.11 Å². The minimum atomic E-state index is -1.83. The Bertz CT molecular complexity index is 369. The van der Waals surface area contributed by atoms with E-state index in [4.69, 9.17) is 21.7 Å². The number of rotatable bonds is 20.